The molecule has 0 aliphatic carbocycles. The lowest BCUT2D eigenvalue weighted by molar-refractivity contribution is 0.570. The molecule has 27 heavy (non-hydrogen) atoms. The Labute approximate surface area is 178 Å². The van der Waals surface area contributed by atoms with E-state index >= 15 is 0 Å². The highest BCUT2D eigenvalue weighted by Gasteiger charge is 2.06. The Kier molecular flexibility index (Phi) is 9.78. The van der Waals surface area contributed by atoms with Crippen molar-refractivity contribution in [1.82, 2.24) is 20.4 Å². The molecule has 0 spiro atoms. The topological polar surface area (TPSA) is 88.4 Å². The number of aromatic nitrogens is 2. The van der Waals surface area contributed by atoms with Gasteiger partial charge in [-0.2, -0.15) is 5.10 Å². The summed E-state index contributed by atoms with van der Waals surface area (Å²) in [6.45, 7) is 4.42. The second-order valence-corrected chi connectivity index (χ2v) is 8.24. The van der Waals surface area contributed by atoms with Crippen LogP contribution in [0.1, 0.15) is 17.5 Å². The number of halogens is 1. The number of rotatable bonds is 8. The Hall–Kier alpha value is -1.62. The van der Waals surface area contributed by atoms with Crippen molar-refractivity contribution in [1.29, 1.82) is 0 Å². The lowest BCUT2D eigenvalue weighted by Gasteiger charge is -2.12. The summed E-state index contributed by atoms with van der Waals surface area (Å²) < 4.78 is 24.9. The van der Waals surface area contributed by atoms with Crippen LogP contribution in [0.25, 0.3) is 0 Å². The van der Waals surface area contributed by atoms with Gasteiger partial charge in [-0.1, -0.05) is 12.1 Å². The average Bonchev–Trinajstić information content (AvgIpc) is 3.02. The fourth-order valence-corrected chi connectivity index (χ4v) is 3.12. The second kappa shape index (κ2) is 11.3. The van der Waals surface area contributed by atoms with Crippen LogP contribution >= 0.6 is 24.0 Å². The molecule has 0 saturated heterocycles. The fourth-order valence-electron chi connectivity index (χ4n) is 2.49. The third-order valence-corrected chi connectivity index (χ3v) is 5.03. The maximum Gasteiger partial charge on any atom is 0.190 e. The van der Waals surface area contributed by atoms with E-state index in [0.29, 0.717) is 4.90 Å². The van der Waals surface area contributed by atoms with Crippen LogP contribution in [0.5, 0.6) is 0 Å². The molecule has 0 fully saturated rings. The molecular weight excluding hydrogens is 477 g/mol. The molecule has 0 radical (unpaired) electrons. The number of guanidine groups is 1. The first-order chi connectivity index (χ1) is 12.4. The molecule has 2 N–H and O–H groups in total. The number of nitrogens with one attached hydrogen (secondary N) is 2. The number of nitrogens with zero attached hydrogens (tertiary/aromatic N) is 3. The van der Waals surface area contributed by atoms with Gasteiger partial charge < -0.3 is 10.6 Å². The Balaban J connectivity index is 0.00000364. The molecule has 0 bridgehead atoms. The molecule has 2 aromatic rings. The molecule has 0 aliphatic rings. The molecule has 0 unspecified atom stereocenters. The number of aryl methyl sites for hydroxylation is 2. The van der Waals surface area contributed by atoms with Crippen molar-refractivity contribution in [2.24, 2.45) is 4.99 Å². The van der Waals surface area contributed by atoms with Gasteiger partial charge in [0.1, 0.15) is 0 Å². The molecule has 7 nitrogen and oxygen atoms in total. The van der Waals surface area contributed by atoms with Crippen molar-refractivity contribution in [3.63, 3.8) is 0 Å². The number of benzene rings is 1. The van der Waals surface area contributed by atoms with E-state index < -0.39 is 9.84 Å². The average molecular weight is 505 g/mol. The van der Waals surface area contributed by atoms with Crippen molar-refractivity contribution in [2.75, 3.05) is 26.4 Å². The summed E-state index contributed by atoms with van der Waals surface area (Å²) in [5, 5.41) is 10.8. The lowest BCUT2D eigenvalue weighted by atomic mass is 10.1. The van der Waals surface area contributed by atoms with Crippen molar-refractivity contribution >= 4 is 39.8 Å². The van der Waals surface area contributed by atoms with E-state index in [9.17, 15) is 8.42 Å². The van der Waals surface area contributed by atoms with E-state index in [0.717, 1.165) is 44.0 Å². The molecule has 1 aromatic heterocycles. The Morgan fingerprint density at radius 3 is 2.41 bits per heavy atom. The van der Waals surface area contributed by atoms with Crippen LogP contribution in [0.4, 0.5) is 0 Å². The summed E-state index contributed by atoms with van der Waals surface area (Å²) >= 11 is 0. The molecule has 1 aromatic carbocycles. The monoisotopic (exact) mass is 505 g/mol. The van der Waals surface area contributed by atoms with Crippen LogP contribution in [0.15, 0.2) is 46.5 Å². The summed E-state index contributed by atoms with van der Waals surface area (Å²) in [5.41, 5.74) is 2.24. The predicted octanol–water partition coefficient (Wildman–Crippen LogP) is 2.01. The quantitative estimate of drug-likeness (QED) is 0.248. The number of sulfone groups is 1. The molecule has 0 amide bonds. The van der Waals surface area contributed by atoms with Crippen LogP contribution < -0.4 is 10.6 Å². The molecule has 1 heterocycles. The Morgan fingerprint density at radius 1 is 1.19 bits per heavy atom. The SMILES string of the molecule is CN=C(NCCCn1cc(C)cn1)NCCc1ccc(S(C)(=O)=O)cc1.I. The standard InChI is InChI=1S/C18H27N5O2S.HI/c1-15-13-22-23(14-15)12-4-10-20-18(19-2)21-11-9-16-5-7-17(8-6-16)26(3,24)25;/h5-8,13-14H,4,9-12H2,1-3H3,(H2,19,20,21);1H. The van der Waals surface area contributed by atoms with Gasteiger partial charge in [-0.3, -0.25) is 9.67 Å². The van der Waals surface area contributed by atoms with E-state index in [-0.39, 0.29) is 24.0 Å². The van der Waals surface area contributed by atoms with Crippen molar-refractivity contribution in [2.45, 2.75) is 31.2 Å². The van der Waals surface area contributed by atoms with Gasteiger partial charge in [0.15, 0.2) is 15.8 Å². The molecular formula is C18H28IN5O2S. The molecule has 2 rings (SSSR count). The van der Waals surface area contributed by atoms with Gasteiger partial charge in [-0.15, -0.1) is 24.0 Å². The summed E-state index contributed by atoms with van der Waals surface area (Å²) in [6, 6.07) is 6.99. The van der Waals surface area contributed by atoms with Gasteiger partial charge in [0.05, 0.1) is 11.1 Å². The second-order valence-electron chi connectivity index (χ2n) is 6.23. The fraction of sp³-hybridized carbons (Fsp3) is 0.444. The van der Waals surface area contributed by atoms with Gasteiger partial charge in [-0.05, 0) is 43.0 Å². The van der Waals surface area contributed by atoms with Crippen LogP contribution in [0, 0.1) is 6.92 Å². The highest BCUT2D eigenvalue weighted by Crippen LogP contribution is 2.10. The summed E-state index contributed by atoms with van der Waals surface area (Å²) in [7, 11) is -1.40. The maximum atomic E-state index is 11.5. The van der Waals surface area contributed by atoms with Gasteiger partial charge >= 0.3 is 0 Å². The van der Waals surface area contributed by atoms with Gasteiger partial charge in [0.25, 0.3) is 0 Å². The first-order valence-corrected chi connectivity index (χ1v) is 10.5. The lowest BCUT2D eigenvalue weighted by Crippen LogP contribution is -2.39. The van der Waals surface area contributed by atoms with E-state index in [4.69, 9.17) is 0 Å². The first kappa shape index (κ1) is 23.4. The van der Waals surface area contributed by atoms with Crippen molar-refractivity contribution in [3.8, 4) is 0 Å². The third kappa shape index (κ3) is 8.29. The molecule has 0 atom stereocenters. The van der Waals surface area contributed by atoms with E-state index in [1.165, 1.54) is 11.8 Å². The Morgan fingerprint density at radius 2 is 1.85 bits per heavy atom. The zero-order valence-electron chi connectivity index (χ0n) is 16.0. The first-order valence-electron chi connectivity index (χ1n) is 8.61. The van der Waals surface area contributed by atoms with Gasteiger partial charge in [-0.25, -0.2) is 8.42 Å². The number of hydrogen-bond donors (Lipinski definition) is 2. The summed E-state index contributed by atoms with van der Waals surface area (Å²) in [5.74, 6) is 0.759. The van der Waals surface area contributed by atoms with Crippen LogP contribution in [0.2, 0.25) is 0 Å². The minimum Gasteiger partial charge on any atom is -0.356 e. The number of aliphatic imine (C=N–C) groups is 1. The summed E-state index contributed by atoms with van der Waals surface area (Å²) in [6.07, 6.45) is 6.84. The minimum absolute atomic E-state index is 0. The smallest absolute Gasteiger partial charge is 0.190 e. The zero-order valence-corrected chi connectivity index (χ0v) is 19.1. The van der Waals surface area contributed by atoms with Crippen LogP contribution in [-0.2, 0) is 22.8 Å². The molecule has 0 saturated carbocycles. The highest BCUT2D eigenvalue weighted by molar-refractivity contribution is 14.0. The van der Waals surface area contributed by atoms with E-state index in [1.54, 1.807) is 19.2 Å². The largest absolute Gasteiger partial charge is 0.356 e. The normalized spacial score (nSPS) is 11.7. The van der Waals surface area contributed by atoms with Crippen molar-refractivity contribution in [3.05, 3.63) is 47.8 Å². The molecule has 0 aliphatic heterocycles. The molecule has 150 valence electrons. The van der Waals surface area contributed by atoms with Gasteiger partial charge in [0, 0.05) is 39.1 Å². The van der Waals surface area contributed by atoms with Crippen LogP contribution in [0.3, 0.4) is 0 Å². The third-order valence-electron chi connectivity index (χ3n) is 3.90. The van der Waals surface area contributed by atoms with Gasteiger partial charge in [0.2, 0.25) is 0 Å². The Bertz CT molecular complexity index is 832. The van der Waals surface area contributed by atoms with Crippen molar-refractivity contribution < 1.29 is 8.42 Å². The summed E-state index contributed by atoms with van der Waals surface area (Å²) in [4.78, 5) is 4.55. The van der Waals surface area contributed by atoms with Crippen LogP contribution in [-0.4, -0.2) is 50.6 Å². The maximum absolute atomic E-state index is 11.5. The van der Waals surface area contributed by atoms with E-state index in [1.807, 2.05) is 36.1 Å². The minimum atomic E-state index is -3.14. The van der Waals surface area contributed by atoms with E-state index in [2.05, 4.69) is 20.7 Å². The predicted molar refractivity (Wildman–Crippen MR) is 120 cm³/mol. The molecule has 9 heteroatoms. The number of hydrogen-bond acceptors (Lipinski definition) is 4. The zero-order chi connectivity index (χ0) is 19.0. The highest BCUT2D eigenvalue weighted by atomic mass is 127.